The van der Waals surface area contributed by atoms with Gasteiger partial charge < -0.3 is 25.5 Å². The molecule has 166 valence electrons. The number of amides is 1. The summed E-state index contributed by atoms with van der Waals surface area (Å²) >= 11 is 0. The maximum absolute atomic E-state index is 11.9. The quantitative estimate of drug-likeness (QED) is 0.337. The lowest BCUT2D eigenvalue weighted by atomic mass is 9.79. The van der Waals surface area contributed by atoms with Crippen LogP contribution in [-0.4, -0.2) is 37.4 Å². The molecule has 9 heteroatoms. The summed E-state index contributed by atoms with van der Waals surface area (Å²) in [6.45, 7) is 2.46. The molecule has 0 unspecified atom stereocenters. The number of pyridine rings is 1. The van der Waals surface area contributed by atoms with Crippen LogP contribution in [0, 0.1) is 6.92 Å². The second kappa shape index (κ2) is 8.34. The van der Waals surface area contributed by atoms with Gasteiger partial charge in [-0.2, -0.15) is 0 Å². The van der Waals surface area contributed by atoms with E-state index in [4.69, 9.17) is 15.7 Å². The third-order valence-electron chi connectivity index (χ3n) is 6.12. The smallest absolute Gasteiger partial charge is 0.423 e. The zero-order chi connectivity index (χ0) is 23.1. The van der Waals surface area contributed by atoms with Crippen molar-refractivity contribution in [1.29, 1.82) is 0 Å². The normalized spacial score (nSPS) is 12.7. The van der Waals surface area contributed by atoms with Crippen LogP contribution in [0.5, 0.6) is 0 Å². The van der Waals surface area contributed by atoms with Crippen molar-refractivity contribution in [3.05, 3.63) is 76.6 Å². The molecule has 3 aromatic heterocycles. The van der Waals surface area contributed by atoms with Crippen molar-refractivity contribution in [2.24, 2.45) is 5.73 Å². The third-order valence-corrected chi connectivity index (χ3v) is 6.12. The first-order valence-corrected chi connectivity index (χ1v) is 10.9. The minimum atomic E-state index is -1.50. The van der Waals surface area contributed by atoms with Crippen LogP contribution in [0.15, 0.2) is 48.7 Å². The van der Waals surface area contributed by atoms with E-state index in [0.29, 0.717) is 23.4 Å². The number of aromatic nitrogens is 3. The summed E-state index contributed by atoms with van der Waals surface area (Å²) in [5.41, 5.74) is 12.1. The Morgan fingerprint density at radius 3 is 2.82 bits per heavy atom. The van der Waals surface area contributed by atoms with E-state index in [-0.39, 0.29) is 0 Å². The van der Waals surface area contributed by atoms with Crippen molar-refractivity contribution in [3.8, 4) is 11.5 Å². The molecule has 0 spiro atoms. The Hall–Kier alpha value is -3.69. The average molecular weight is 441 g/mol. The van der Waals surface area contributed by atoms with E-state index in [0.717, 1.165) is 58.7 Å². The Balaban J connectivity index is 1.56. The minimum absolute atomic E-state index is 0.448. The summed E-state index contributed by atoms with van der Waals surface area (Å²) in [7, 11) is -1.50. The van der Waals surface area contributed by atoms with Crippen molar-refractivity contribution in [1.82, 2.24) is 14.4 Å². The van der Waals surface area contributed by atoms with Gasteiger partial charge in [0, 0.05) is 24.0 Å². The van der Waals surface area contributed by atoms with E-state index >= 15 is 0 Å². The van der Waals surface area contributed by atoms with E-state index in [1.54, 1.807) is 30.3 Å². The minimum Gasteiger partial charge on any atom is -0.423 e. The van der Waals surface area contributed by atoms with Crippen LogP contribution < -0.4 is 16.5 Å². The number of aryl methyl sites for hydroxylation is 2. The summed E-state index contributed by atoms with van der Waals surface area (Å²) in [6.07, 6.45) is 4.71. The zero-order valence-corrected chi connectivity index (χ0v) is 18.2. The molecule has 0 bridgehead atoms. The molecule has 0 atom stereocenters. The standard InChI is InChI=1S/C24H24BN5O3/c1-14-11-20-18(22(26)31)8-4-10-30(20)21(14)24-28-19-9-3-7-17(19)23(29-24)27-13-15-5-2-6-16(12-15)25(32)33/h2,4-6,8,10-12,32-33H,3,7,9,13H2,1H3,(H2,26,31)(H,27,28,29). The molecular weight excluding hydrogens is 417 g/mol. The molecule has 1 aliphatic rings. The van der Waals surface area contributed by atoms with Gasteiger partial charge in [-0.3, -0.25) is 4.79 Å². The first-order chi connectivity index (χ1) is 15.9. The molecule has 1 aromatic carbocycles. The van der Waals surface area contributed by atoms with Crippen LogP contribution >= 0.6 is 0 Å². The Morgan fingerprint density at radius 2 is 2.03 bits per heavy atom. The monoisotopic (exact) mass is 441 g/mol. The molecule has 0 saturated carbocycles. The molecule has 1 aliphatic carbocycles. The van der Waals surface area contributed by atoms with Crippen molar-refractivity contribution in [3.63, 3.8) is 0 Å². The highest BCUT2D eigenvalue weighted by atomic mass is 16.4. The molecule has 0 radical (unpaired) electrons. The number of carbonyl (C=O) groups excluding carboxylic acids is 1. The molecule has 33 heavy (non-hydrogen) atoms. The fourth-order valence-electron chi connectivity index (χ4n) is 4.55. The second-order valence-electron chi connectivity index (χ2n) is 8.36. The topological polar surface area (TPSA) is 126 Å². The van der Waals surface area contributed by atoms with Gasteiger partial charge in [-0.15, -0.1) is 0 Å². The number of nitrogens with two attached hydrogens (primary N) is 1. The van der Waals surface area contributed by atoms with Gasteiger partial charge in [0.2, 0.25) is 0 Å². The number of fused-ring (bicyclic) bond motifs is 2. The summed E-state index contributed by atoms with van der Waals surface area (Å²) in [5, 5.41) is 22.3. The highest BCUT2D eigenvalue weighted by Crippen LogP contribution is 2.32. The molecular formula is C24H24BN5O3. The lowest BCUT2D eigenvalue weighted by Crippen LogP contribution is -2.30. The van der Waals surface area contributed by atoms with Gasteiger partial charge >= 0.3 is 7.12 Å². The van der Waals surface area contributed by atoms with E-state index < -0.39 is 13.0 Å². The van der Waals surface area contributed by atoms with Gasteiger partial charge in [0.15, 0.2) is 5.82 Å². The number of primary amides is 1. The van der Waals surface area contributed by atoms with Gasteiger partial charge in [0.1, 0.15) is 5.82 Å². The van der Waals surface area contributed by atoms with Gasteiger partial charge in [-0.25, -0.2) is 9.97 Å². The largest absolute Gasteiger partial charge is 0.488 e. The number of hydrogen-bond acceptors (Lipinski definition) is 6. The summed E-state index contributed by atoms with van der Waals surface area (Å²) in [4.78, 5) is 21.7. The fourth-order valence-corrected chi connectivity index (χ4v) is 4.55. The molecule has 5 N–H and O–H groups in total. The summed E-state index contributed by atoms with van der Waals surface area (Å²) in [6, 6.07) is 12.6. The molecule has 4 aromatic rings. The summed E-state index contributed by atoms with van der Waals surface area (Å²) in [5.74, 6) is 0.900. The number of nitrogens with zero attached hydrogens (tertiary/aromatic N) is 3. The van der Waals surface area contributed by atoms with Crippen LogP contribution in [0.1, 0.15) is 39.2 Å². The molecule has 0 saturated heterocycles. The van der Waals surface area contributed by atoms with Crippen molar-refractivity contribution >= 4 is 29.8 Å². The lowest BCUT2D eigenvalue weighted by Gasteiger charge is -2.14. The van der Waals surface area contributed by atoms with E-state index in [2.05, 4.69) is 5.32 Å². The van der Waals surface area contributed by atoms with Crippen LogP contribution in [0.25, 0.3) is 17.0 Å². The highest BCUT2D eigenvalue weighted by molar-refractivity contribution is 6.58. The number of rotatable bonds is 6. The predicted molar refractivity (Wildman–Crippen MR) is 127 cm³/mol. The van der Waals surface area contributed by atoms with Crippen LogP contribution in [0.3, 0.4) is 0 Å². The van der Waals surface area contributed by atoms with Crippen LogP contribution in [0.2, 0.25) is 0 Å². The number of hydrogen-bond donors (Lipinski definition) is 4. The van der Waals surface area contributed by atoms with E-state index in [1.165, 1.54) is 0 Å². The zero-order valence-electron chi connectivity index (χ0n) is 18.2. The Kier molecular flexibility index (Phi) is 5.35. The first kappa shape index (κ1) is 21.2. The molecule has 8 nitrogen and oxygen atoms in total. The number of anilines is 1. The van der Waals surface area contributed by atoms with Crippen molar-refractivity contribution in [2.75, 3.05) is 5.32 Å². The predicted octanol–water partition coefficient (Wildman–Crippen LogP) is 1.58. The second-order valence-corrected chi connectivity index (χ2v) is 8.36. The van der Waals surface area contributed by atoms with E-state index in [9.17, 15) is 14.8 Å². The Labute approximate surface area is 191 Å². The molecule has 5 rings (SSSR count). The van der Waals surface area contributed by atoms with Crippen molar-refractivity contribution in [2.45, 2.75) is 32.7 Å². The number of nitrogens with one attached hydrogen (secondary N) is 1. The Morgan fingerprint density at radius 1 is 1.18 bits per heavy atom. The number of carbonyl (C=O) groups is 1. The molecule has 1 amide bonds. The van der Waals surface area contributed by atoms with Crippen LogP contribution in [0.4, 0.5) is 5.82 Å². The molecule has 3 heterocycles. The van der Waals surface area contributed by atoms with Gasteiger partial charge in [-0.1, -0.05) is 24.3 Å². The third kappa shape index (κ3) is 3.86. The van der Waals surface area contributed by atoms with Gasteiger partial charge in [-0.05, 0) is 61.0 Å². The van der Waals surface area contributed by atoms with E-state index in [1.807, 2.05) is 29.7 Å². The fraction of sp³-hybridized carbons (Fsp3) is 0.208. The average Bonchev–Trinajstić information content (AvgIpc) is 3.40. The SMILES string of the molecule is Cc1cc2c(C(N)=O)cccn2c1-c1nc2c(c(NCc3cccc(B(O)O)c3)n1)CCC2. The Bertz CT molecular complexity index is 1380. The maximum Gasteiger partial charge on any atom is 0.488 e. The molecule has 0 aliphatic heterocycles. The first-order valence-electron chi connectivity index (χ1n) is 10.9. The number of benzene rings is 1. The lowest BCUT2D eigenvalue weighted by molar-refractivity contribution is 0.100. The maximum atomic E-state index is 11.9. The molecule has 0 fully saturated rings. The van der Waals surface area contributed by atoms with Gasteiger partial charge in [0.05, 0.1) is 16.8 Å². The van der Waals surface area contributed by atoms with Gasteiger partial charge in [0.25, 0.3) is 5.91 Å². The summed E-state index contributed by atoms with van der Waals surface area (Å²) < 4.78 is 1.92. The highest BCUT2D eigenvalue weighted by Gasteiger charge is 2.23. The van der Waals surface area contributed by atoms with Crippen molar-refractivity contribution < 1.29 is 14.8 Å². The van der Waals surface area contributed by atoms with Crippen LogP contribution in [-0.2, 0) is 19.4 Å².